The van der Waals surface area contributed by atoms with E-state index in [0.29, 0.717) is 0 Å². The number of rotatable bonds is 9. The van der Waals surface area contributed by atoms with Crippen LogP contribution in [0.1, 0.15) is 0 Å². The minimum absolute atomic E-state index is 0.718. The van der Waals surface area contributed by atoms with Gasteiger partial charge in [-0.25, -0.2) is 39.9 Å². The second-order valence-corrected chi connectivity index (χ2v) is 20.3. The third-order valence-corrected chi connectivity index (χ3v) is 15.8. The van der Waals surface area contributed by atoms with Crippen LogP contribution in [-0.2, 0) is 0 Å². The van der Waals surface area contributed by atoms with Gasteiger partial charge in [0.2, 0.25) is 0 Å². The summed E-state index contributed by atoms with van der Waals surface area (Å²) in [6.45, 7) is 0. The van der Waals surface area contributed by atoms with E-state index in [1.807, 2.05) is 122 Å². The maximum Gasteiger partial charge on any atom is 0.164 e. The highest BCUT2D eigenvalue weighted by Crippen LogP contribution is 2.59. The average Bonchev–Trinajstić information content (AvgIpc) is 4.38. The number of hydrogen-bond donors (Lipinski definition) is 0. The zero-order valence-corrected chi connectivity index (χ0v) is 43.2. The van der Waals surface area contributed by atoms with Gasteiger partial charge in [-0.15, -0.1) is 0 Å². The molecule has 8 aromatic heterocycles. The van der Waals surface area contributed by atoms with Crippen molar-refractivity contribution in [2.75, 3.05) is 4.90 Å². The molecule has 80 heavy (non-hydrogen) atoms. The summed E-state index contributed by atoms with van der Waals surface area (Å²) in [4.78, 5) is 46.2. The first-order valence-corrected chi connectivity index (χ1v) is 27.0. The van der Waals surface area contributed by atoms with E-state index >= 15 is 0 Å². The predicted octanol–water partition coefficient (Wildman–Crippen LogP) is 15.2. The minimum atomic E-state index is 0.718. The molecule has 15 aromatic rings. The molecule has 0 bridgehead atoms. The van der Waals surface area contributed by atoms with E-state index in [9.17, 15) is 0 Å². The lowest BCUT2D eigenvalue weighted by molar-refractivity contribution is 1.05. The Morgan fingerprint density at radius 2 is 0.562 bits per heavy atom. The molecule has 13 nitrogen and oxygen atoms in total. The van der Waals surface area contributed by atoms with E-state index in [4.69, 9.17) is 39.9 Å². The first kappa shape index (κ1) is 45.4. The number of imidazole rings is 4. The van der Waals surface area contributed by atoms with Crippen molar-refractivity contribution >= 4 is 73.5 Å². The number of aromatic nitrogens is 12. The van der Waals surface area contributed by atoms with E-state index < -0.39 is 0 Å². The molecule has 1 aliphatic rings. The van der Waals surface area contributed by atoms with E-state index in [2.05, 4.69) is 151 Å². The van der Waals surface area contributed by atoms with Crippen LogP contribution < -0.4 is 4.90 Å². The Hall–Kier alpha value is -10.8. The number of fused-ring (bicyclic) bond motifs is 6. The quantitative estimate of drug-likeness (QED) is 0.138. The van der Waals surface area contributed by atoms with Gasteiger partial charge < -0.3 is 4.90 Å². The van der Waals surface area contributed by atoms with Gasteiger partial charge in [-0.1, -0.05) is 103 Å². The van der Waals surface area contributed by atoms with E-state index in [1.165, 1.54) is 0 Å². The summed E-state index contributed by atoms with van der Waals surface area (Å²) in [5, 5.41) is 0. The predicted molar refractivity (Wildman–Crippen MR) is 317 cm³/mol. The Morgan fingerprint density at radius 3 is 0.887 bits per heavy atom. The Morgan fingerprint density at radius 1 is 0.275 bits per heavy atom. The number of benzene rings is 7. The van der Waals surface area contributed by atoms with Crippen LogP contribution in [0, 0.1) is 0 Å². The number of hydrogen-bond acceptors (Lipinski definition) is 10. The van der Waals surface area contributed by atoms with Crippen molar-refractivity contribution in [1.29, 1.82) is 0 Å². The van der Waals surface area contributed by atoms with Crippen molar-refractivity contribution in [2.24, 2.45) is 0 Å². The van der Waals surface area contributed by atoms with Crippen molar-refractivity contribution in [3.8, 4) is 68.3 Å². The normalized spacial score (nSPS) is 12.2. The zero-order valence-electron chi connectivity index (χ0n) is 42.4. The monoisotopic (exact) mass is 1050 g/mol. The molecule has 0 spiro atoms. The first-order valence-electron chi connectivity index (χ1n) is 26.2. The standard InChI is InChI=1S/C66H41N13S/c1-6-20-44(21-7-1)75-55-40-42(59-71-51-30-16-34-67-63(51)76(59)45-22-8-2-9-23-45)38-49(61-73-53-32-18-36-69-65(53)78(61)47-26-12-4-13-27-47)57(55)80-58-50(62-74-54-33-19-37-70-66(54)79(62)48-28-14-5-15-29-48)39-43(41-56(58)75)60-72-52-31-17-35-68-64(52)77(60)46-24-10-3-11-25-46/h1-41H. The Bertz CT molecular complexity index is 4570. The molecule has 7 aromatic carbocycles. The Balaban J connectivity index is 1.06. The summed E-state index contributed by atoms with van der Waals surface area (Å²) in [6, 6.07) is 76.8. The van der Waals surface area contributed by atoms with Crippen molar-refractivity contribution in [3.05, 3.63) is 249 Å². The largest absolute Gasteiger partial charge is 0.308 e. The number of para-hydroxylation sites is 5. The minimum Gasteiger partial charge on any atom is -0.308 e. The van der Waals surface area contributed by atoms with Crippen LogP contribution in [-0.4, -0.2) is 58.1 Å². The van der Waals surface area contributed by atoms with Crippen molar-refractivity contribution in [3.63, 3.8) is 0 Å². The molecule has 0 N–H and O–H groups in total. The highest BCUT2D eigenvalue weighted by molar-refractivity contribution is 8.00. The molecule has 0 saturated heterocycles. The lowest BCUT2D eigenvalue weighted by Gasteiger charge is -2.36. The van der Waals surface area contributed by atoms with E-state index in [1.54, 1.807) is 11.8 Å². The van der Waals surface area contributed by atoms with Crippen LogP contribution in [0.25, 0.3) is 113 Å². The second kappa shape index (κ2) is 18.4. The third kappa shape index (κ3) is 7.27. The molecule has 0 fully saturated rings. The molecule has 0 atom stereocenters. The maximum atomic E-state index is 5.54. The number of pyridine rings is 4. The molecule has 0 unspecified atom stereocenters. The fourth-order valence-electron chi connectivity index (χ4n) is 11.1. The lowest BCUT2D eigenvalue weighted by atomic mass is 10.0. The molecule has 1 aliphatic heterocycles. The van der Waals surface area contributed by atoms with E-state index in [0.717, 1.165) is 140 Å². The lowest BCUT2D eigenvalue weighted by Crippen LogP contribution is -2.17. The van der Waals surface area contributed by atoms with Crippen LogP contribution >= 0.6 is 11.8 Å². The number of nitrogens with zero attached hydrogens (tertiary/aromatic N) is 13. The first-order chi connectivity index (χ1) is 39.7. The third-order valence-electron chi connectivity index (χ3n) is 14.6. The zero-order chi connectivity index (χ0) is 52.7. The fraction of sp³-hybridized carbons (Fsp3) is 0. The molecule has 9 heterocycles. The van der Waals surface area contributed by atoms with Gasteiger partial charge in [-0.05, 0) is 133 Å². The second-order valence-electron chi connectivity index (χ2n) is 19.3. The summed E-state index contributed by atoms with van der Waals surface area (Å²) in [7, 11) is 0. The van der Waals surface area contributed by atoms with Gasteiger partial charge in [0.05, 0.1) is 11.4 Å². The van der Waals surface area contributed by atoms with Gasteiger partial charge in [-0.3, -0.25) is 18.3 Å². The Labute approximate surface area is 461 Å². The topological polar surface area (TPSA) is 126 Å². The van der Waals surface area contributed by atoms with Gasteiger partial charge in [-0.2, -0.15) is 0 Å². The molecular formula is C66H41N13S. The summed E-state index contributed by atoms with van der Waals surface area (Å²) >= 11 is 1.70. The summed E-state index contributed by atoms with van der Waals surface area (Å²) in [5.41, 5.74) is 16.0. The SMILES string of the molecule is c1ccc(N2c3cc(-c4nc5cccnc5n4-c4ccccc4)cc(-c4nc5cccnc5n4-c4ccccc4)c3Sc3c(-c4nc5cccnc5n4-c4ccccc4)cc(-c4nc5cccnc5n4-c4ccccc4)cc32)cc1. The fourth-order valence-corrected chi connectivity index (χ4v) is 12.4. The van der Waals surface area contributed by atoms with Crippen molar-refractivity contribution < 1.29 is 0 Å². The van der Waals surface area contributed by atoms with Crippen LogP contribution in [0.5, 0.6) is 0 Å². The van der Waals surface area contributed by atoms with Crippen LogP contribution in [0.4, 0.5) is 17.1 Å². The molecule has 0 aliphatic carbocycles. The molecule has 376 valence electrons. The van der Waals surface area contributed by atoms with Crippen molar-refractivity contribution in [2.45, 2.75) is 9.79 Å². The highest BCUT2D eigenvalue weighted by atomic mass is 32.2. The molecule has 14 heteroatoms. The molecular weight excluding hydrogens is 1010 g/mol. The number of anilines is 3. The summed E-state index contributed by atoms with van der Waals surface area (Å²) < 4.78 is 8.65. The van der Waals surface area contributed by atoms with Gasteiger partial charge >= 0.3 is 0 Å². The summed E-state index contributed by atoms with van der Waals surface area (Å²) in [5.74, 6) is 2.88. The van der Waals surface area contributed by atoms with Gasteiger partial charge in [0, 0.05) is 85.3 Å². The molecule has 0 radical (unpaired) electrons. The highest BCUT2D eigenvalue weighted by Gasteiger charge is 2.36. The van der Waals surface area contributed by atoms with Gasteiger partial charge in [0.15, 0.2) is 22.6 Å². The molecule has 0 amide bonds. The van der Waals surface area contributed by atoms with Crippen molar-refractivity contribution in [1.82, 2.24) is 58.1 Å². The van der Waals surface area contributed by atoms with Crippen LogP contribution in [0.3, 0.4) is 0 Å². The van der Waals surface area contributed by atoms with Gasteiger partial charge in [0.25, 0.3) is 0 Å². The van der Waals surface area contributed by atoms with Crippen LogP contribution in [0.2, 0.25) is 0 Å². The smallest absolute Gasteiger partial charge is 0.164 e. The van der Waals surface area contributed by atoms with Crippen LogP contribution in [0.15, 0.2) is 259 Å². The molecule has 0 saturated carbocycles. The maximum absolute atomic E-state index is 5.54. The molecule has 16 rings (SSSR count). The average molecular weight is 1050 g/mol. The van der Waals surface area contributed by atoms with E-state index in [-0.39, 0.29) is 0 Å². The Kier molecular flexibility index (Phi) is 10.5. The van der Waals surface area contributed by atoms with Gasteiger partial charge in [0.1, 0.15) is 45.4 Å². The summed E-state index contributed by atoms with van der Waals surface area (Å²) in [6.07, 6.45) is 7.31.